The maximum absolute atomic E-state index is 12.4. The number of hydrogen-bond acceptors (Lipinski definition) is 5. The molecule has 0 radical (unpaired) electrons. The van der Waals surface area contributed by atoms with Crippen LogP contribution in [0.1, 0.15) is 35.2 Å². The fraction of sp³-hybridized carbons (Fsp3) is 0.526. The minimum atomic E-state index is -0.142. The highest BCUT2D eigenvalue weighted by atomic mass is 16.5. The lowest BCUT2D eigenvalue weighted by Gasteiger charge is -2.38. The Hall–Kier alpha value is -2.25. The third kappa shape index (κ3) is 3.78. The summed E-state index contributed by atoms with van der Waals surface area (Å²) in [6.45, 7) is 3.51. The van der Waals surface area contributed by atoms with Gasteiger partial charge < -0.3 is 10.1 Å². The van der Waals surface area contributed by atoms with Gasteiger partial charge in [-0.05, 0) is 31.4 Å². The predicted molar refractivity (Wildman–Crippen MR) is 96.5 cm³/mol. The predicted octanol–water partition coefficient (Wildman–Crippen LogP) is 1.37. The van der Waals surface area contributed by atoms with Gasteiger partial charge >= 0.3 is 0 Å². The molecular formula is C19H25N5O2. The SMILES string of the molecule is Cn1cc(CN2CC[C@@]3(C[C@@H](NC(=O)c4ccncc4)CCO3)C2)cn1. The topological polar surface area (TPSA) is 72.3 Å². The molecule has 138 valence electrons. The number of likely N-dealkylation sites (tertiary alicyclic amines) is 1. The molecule has 7 heteroatoms. The Labute approximate surface area is 153 Å². The minimum Gasteiger partial charge on any atom is -0.373 e. The van der Waals surface area contributed by atoms with Crippen LogP contribution < -0.4 is 5.32 Å². The molecule has 0 aliphatic carbocycles. The van der Waals surface area contributed by atoms with E-state index in [0.29, 0.717) is 12.2 Å². The van der Waals surface area contributed by atoms with E-state index >= 15 is 0 Å². The van der Waals surface area contributed by atoms with Crippen LogP contribution in [0.25, 0.3) is 0 Å². The fourth-order valence-corrected chi connectivity index (χ4v) is 4.08. The molecule has 1 N–H and O–H groups in total. The van der Waals surface area contributed by atoms with Crippen molar-refractivity contribution < 1.29 is 9.53 Å². The van der Waals surface area contributed by atoms with E-state index in [9.17, 15) is 4.79 Å². The van der Waals surface area contributed by atoms with Gasteiger partial charge in [0.05, 0.1) is 11.8 Å². The molecule has 1 amide bonds. The Kier molecular flexibility index (Phi) is 4.74. The molecule has 2 atom stereocenters. The van der Waals surface area contributed by atoms with E-state index in [0.717, 1.165) is 38.9 Å². The second kappa shape index (κ2) is 7.17. The number of rotatable bonds is 4. The lowest BCUT2D eigenvalue weighted by molar-refractivity contribution is -0.0793. The van der Waals surface area contributed by atoms with Gasteiger partial charge in [-0.25, -0.2) is 0 Å². The molecule has 7 nitrogen and oxygen atoms in total. The highest BCUT2D eigenvalue weighted by Gasteiger charge is 2.43. The van der Waals surface area contributed by atoms with Gasteiger partial charge in [0.15, 0.2) is 0 Å². The molecule has 4 rings (SSSR count). The van der Waals surface area contributed by atoms with E-state index in [4.69, 9.17) is 4.74 Å². The molecule has 4 heterocycles. The van der Waals surface area contributed by atoms with Crippen molar-refractivity contribution in [3.05, 3.63) is 48.0 Å². The molecule has 26 heavy (non-hydrogen) atoms. The molecule has 0 unspecified atom stereocenters. The summed E-state index contributed by atoms with van der Waals surface area (Å²) in [5, 5.41) is 7.42. The summed E-state index contributed by atoms with van der Waals surface area (Å²) in [4.78, 5) is 18.8. The zero-order chi connectivity index (χ0) is 18.0. The van der Waals surface area contributed by atoms with Crippen molar-refractivity contribution in [1.82, 2.24) is 25.0 Å². The summed E-state index contributed by atoms with van der Waals surface area (Å²) in [5.74, 6) is -0.0281. The number of ether oxygens (including phenoxy) is 1. The summed E-state index contributed by atoms with van der Waals surface area (Å²) in [6, 6.07) is 3.65. The van der Waals surface area contributed by atoms with Crippen LogP contribution >= 0.6 is 0 Å². The summed E-state index contributed by atoms with van der Waals surface area (Å²) in [5.41, 5.74) is 1.74. The lowest BCUT2D eigenvalue weighted by Crippen LogP contribution is -2.49. The molecule has 0 aromatic carbocycles. The van der Waals surface area contributed by atoms with Crippen LogP contribution in [-0.2, 0) is 18.3 Å². The molecule has 2 aliphatic rings. The highest BCUT2D eigenvalue weighted by Crippen LogP contribution is 2.35. The zero-order valence-electron chi connectivity index (χ0n) is 15.1. The number of nitrogens with one attached hydrogen (secondary N) is 1. The first-order valence-corrected chi connectivity index (χ1v) is 9.17. The molecule has 1 spiro atoms. The van der Waals surface area contributed by atoms with Crippen LogP contribution in [0.15, 0.2) is 36.9 Å². The largest absolute Gasteiger partial charge is 0.373 e. The lowest BCUT2D eigenvalue weighted by atomic mass is 9.89. The van der Waals surface area contributed by atoms with E-state index in [2.05, 4.69) is 26.5 Å². The van der Waals surface area contributed by atoms with Crippen LogP contribution in [0.3, 0.4) is 0 Å². The van der Waals surface area contributed by atoms with Crippen LogP contribution in [-0.4, -0.2) is 56.9 Å². The molecule has 2 fully saturated rings. The van der Waals surface area contributed by atoms with E-state index < -0.39 is 0 Å². The van der Waals surface area contributed by atoms with Gasteiger partial charge in [-0.3, -0.25) is 19.4 Å². The number of aryl methyl sites for hydroxylation is 1. The minimum absolute atomic E-state index is 0.0281. The third-order valence-corrected chi connectivity index (χ3v) is 5.33. The van der Waals surface area contributed by atoms with Crippen molar-refractivity contribution in [2.24, 2.45) is 7.05 Å². The third-order valence-electron chi connectivity index (χ3n) is 5.33. The van der Waals surface area contributed by atoms with E-state index in [1.54, 1.807) is 24.5 Å². The van der Waals surface area contributed by atoms with Crippen LogP contribution in [0.4, 0.5) is 0 Å². The van der Waals surface area contributed by atoms with Crippen molar-refractivity contribution in [2.45, 2.75) is 37.5 Å². The van der Waals surface area contributed by atoms with Gasteiger partial charge in [-0.1, -0.05) is 0 Å². The average molecular weight is 355 g/mol. The summed E-state index contributed by atoms with van der Waals surface area (Å²) in [6.07, 6.45) is 10.0. The van der Waals surface area contributed by atoms with Crippen LogP contribution in [0.5, 0.6) is 0 Å². The number of pyridine rings is 1. The summed E-state index contributed by atoms with van der Waals surface area (Å²) >= 11 is 0. The highest BCUT2D eigenvalue weighted by molar-refractivity contribution is 5.94. The fourth-order valence-electron chi connectivity index (χ4n) is 4.08. The first-order valence-electron chi connectivity index (χ1n) is 9.17. The molecule has 0 bridgehead atoms. The molecule has 2 saturated heterocycles. The number of amides is 1. The van der Waals surface area contributed by atoms with Crippen molar-refractivity contribution >= 4 is 5.91 Å². The van der Waals surface area contributed by atoms with E-state index in [1.807, 2.05) is 17.9 Å². The average Bonchev–Trinajstić information content (AvgIpc) is 3.22. The second-order valence-electron chi connectivity index (χ2n) is 7.41. The van der Waals surface area contributed by atoms with Gasteiger partial charge in [0.1, 0.15) is 0 Å². The molecule has 0 saturated carbocycles. The van der Waals surface area contributed by atoms with Gasteiger partial charge in [-0.2, -0.15) is 5.10 Å². The van der Waals surface area contributed by atoms with Gasteiger partial charge in [0.25, 0.3) is 5.91 Å². The Morgan fingerprint density at radius 3 is 3.04 bits per heavy atom. The number of hydrogen-bond donors (Lipinski definition) is 1. The number of carbonyl (C=O) groups is 1. The Morgan fingerprint density at radius 1 is 1.42 bits per heavy atom. The van der Waals surface area contributed by atoms with Crippen molar-refractivity contribution in [1.29, 1.82) is 0 Å². The smallest absolute Gasteiger partial charge is 0.251 e. The van der Waals surface area contributed by atoms with Gasteiger partial charge in [-0.15, -0.1) is 0 Å². The second-order valence-corrected chi connectivity index (χ2v) is 7.41. The van der Waals surface area contributed by atoms with Crippen molar-refractivity contribution in [3.8, 4) is 0 Å². The first-order chi connectivity index (χ1) is 12.6. The van der Waals surface area contributed by atoms with E-state index in [1.165, 1.54) is 5.56 Å². The summed E-state index contributed by atoms with van der Waals surface area (Å²) in [7, 11) is 1.94. The van der Waals surface area contributed by atoms with Gasteiger partial charge in [0.2, 0.25) is 0 Å². The van der Waals surface area contributed by atoms with Crippen molar-refractivity contribution in [2.75, 3.05) is 19.7 Å². The number of carbonyl (C=O) groups excluding carboxylic acids is 1. The number of nitrogens with zero attached hydrogens (tertiary/aromatic N) is 4. The van der Waals surface area contributed by atoms with Crippen LogP contribution in [0.2, 0.25) is 0 Å². The van der Waals surface area contributed by atoms with Crippen LogP contribution in [0, 0.1) is 0 Å². The zero-order valence-corrected chi connectivity index (χ0v) is 15.1. The summed E-state index contributed by atoms with van der Waals surface area (Å²) < 4.78 is 8.03. The molecule has 2 aromatic rings. The van der Waals surface area contributed by atoms with Crippen molar-refractivity contribution in [3.63, 3.8) is 0 Å². The Bertz CT molecular complexity index is 762. The molecule has 2 aromatic heterocycles. The Balaban J connectivity index is 1.35. The quantitative estimate of drug-likeness (QED) is 0.897. The molecule has 2 aliphatic heterocycles. The maximum Gasteiger partial charge on any atom is 0.251 e. The molecular weight excluding hydrogens is 330 g/mol. The number of aromatic nitrogens is 3. The standard InChI is InChI=1S/C19H25N5O2/c1-23-12-15(11-21-23)13-24-8-5-19(14-24)10-17(4-9-26-19)22-18(25)16-2-6-20-7-3-16/h2-3,6-7,11-12,17H,4-5,8-10,13-14H2,1H3,(H,22,25)/t17-,19+/m0/s1. The normalized spacial score (nSPS) is 26.3. The maximum atomic E-state index is 12.4. The van der Waals surface area contributed by atoms with Gasteiger partial charge in [0, 0.05) is 69.0 Å². The first kappa shape index (κ1) is 17.2. The van der Waals surface area contributed by atoms with E-state index in [-0.39, 0.29) is 17.6 Å². The Morgan fingerprint density at radius 2 is 2.27 bits per heavy atom. The monoisotopic (exact) mass is 355 g/mol.